The molecule has 0 saturated carbocycles. The first kappa shape index (κ1) is 48.3. The third-order valence-corrected chi connectivity index (χ3v) is 15.2. The fourth-order valence-electron chi connectivity index (χ4n) is 6.41. The highest BCUT2D eigenvalue weighted by Gasteiger charge is 2.42. The summed E-state index contributed by atoms with van der Waals surface area (Å²) in [6.45, 7) is 19.4. The van der Waals surface area contributed by atoms with E-state index in [-0.39, 0.29) is 34.7 Å². The van der Waals surface area contributed by atoms with Gasteiger partial charge in [-0.25, -0.2) is 4.79 Å². The van der Waals surface area contributed by atoms with Crippen LogP contribution in [-0.4, -0.2) is 86.5 Å². The minimum absolute atomic E-state index is 0.0515. The summed E-state index contributed by atoms with van der Waals surface area (Å²) < 4.78 is 48.7. The average Bonchev–Trinajstić information content (AvgIpc) is 3.14. The smallest absolute Gasteiger partial charge is 0.331 e. The van der Waals surface area contributed by atoms with Crippen LogP contribution in [0.3, 0.4) is 0 Å². The van der Waals surface area contributed by atoms with Crippen LogP contribution in [-0.2, 0) is 36.5 Å². The van der Waals surface area contributed by atoms with Crippen molar-refractivity contribution in [3.05, 3.63) is 76.9 Å². The van der Waals surface area contributed by atoms with Crippen LogP contribution < -0.4 is 24.7 Å². The highest BCUT2D eigenvalue weighted by molar-refractivity contribution is 6.74. The number of aliphatic carboxylic acids is 1. The van der Waals surface area contributed by atoms with Gasteiger partial charge in [0.15, 0.2) is 19.8 Å². The molecule has 11 nitrogen and oxygen atoms in total. The lowest BCUT2D eigenvalue weighted by Crippen LogP contribution is -2.50. The Balaban J connectivity index is 2.61. The first-order valence-corrected chi connectivity index (χ1v) is 22.0. The van der Waals surface area contributed by atoms with Crippen LogP contribution in [0.1, 0.15) is 66.0 Å². The van der Waals surface area contributed by atoms with Crippen LogP contribution in [0, 0.1) is 11.8 Å². The van der Waals surface area contributed by atoms with Crippen molar-refractivity contribution in [2.24, 2.45) is 11.8 Å². The maximum Gasteiger partial charge on any atom is 0.331 e. The van der Waals surface area contributed by atoms with E-state index in [1.54, 1.807) is 67.8 Å². The van der Waals surface area contributed by atoms with Gasteiger partial charge in [0, 0.05) is 37.3 Å². The van der Waals surface area contributed by atoms with E-state index in [0.717, 1.165) is 22.4 Å². The van der Waals surface area contributed by atoms with E-state index in [1.165, 1.54) is 0 Å². The van der Waals surface area contributed by atoms with E-state index in [9.17, 15) is 9.90 Å². The Morgan fingerprint density at radius 3 is 2.04 bits per heavy atom. The van der Waals surface area contributed by atoms with Crippen LogP contribution in [0.2, 0.25) is 18.1 Å². The number of methoxy groups -OCH3 is 6. The Labute approximate surface area is 337 Å². The van der Waals surface area contributed by atoms with Gasteiger partial charge in [0.25, 0.3) is 0 Å². The quantitative estimate of drug-likeness (QED) is 0.0366. The normalized spacial score (nSPS) is 16.2. The maximum absolute atomic E-state index is 11.5. The molecule has 0 unspecified atom stereocenters. The van der Waals surface area contributed by atoms with Crippen molar-refractivity contribution < 1.29 is 47.5 Å². The number of hydrogen-bond donors (Lipinski definition) is 2. The molecule has 0 amide bonds. The van der Waals surface area contributed by atoms with E-state index in [0.29, 0.717) is 42.4 Å². The third kappa shape index (κ3) is 13.4. The molecule has 0 spiro atoms. The van der Waals surface area contributed by atoms with Crippen molar-refractivity contribution >= 4 is 20.0 Å². The zero-order valence-corrected chi connectivity index (χ0v) is 37.5. The minimum Gasteiger partial charge on any atom is -0.497 e. The lowest BCUT2D eigenvalue weighted by molar-refractivity contribution is -0.132. The van der Waals surface area contributed by atoms with E-state index in [4.69, 9.17) is 43.3 Å². The minimum atomic E-state index is -2.31. The van der Waals surface area contributed by atoms with Crippen LogP contribution in [0.5, 0.6) is 23.0 Å². The summed E-state index contributed by atoms with van der Waals surface area (Å²) in [5, 5.41) is 9.34. The first-order valence-electron chi connectivity index (χ1n) is 19.1. The number of hydrogen-bond acceptors (Lipinski definition) is 10. The Kier molecular flexibility index (Phi) is 19.2. The molecule has 0 heterocycles. The standard InChI is InChI=1S/C44H69NO10Si/c1-28(23-34-41(52-12)35(45)26-38(51-11)42(34)53-13)24-37(50-10)40(55-56(14,15)44(5,6)7)31(4)25-30(3)39(36(49-9)18-16-17-29(2)43(46)47)54-27-32-19-21-33(48-8)22-20-32/h16-22,25-26,28,31,36-37,39-40H,23-24,27,45H2,1-15H3,(H,46,47)/b18-16-,29-17+,30-25+/t28-,31+,36+,37+,39+,40-/m1/s1. The molecule has 0 aliphatic heterocycles. The summed E-state index contributed by atoms with van der Waals surface area (Å²) in [4.78, 5) is 11.5. The topological polar surface area (TPSA) is 137 Å². The second-order valence-corrected chi connectivity index (χ2v) is 20.7. The number of allylic oxidation sites excluding steroid dienone is 2. The van der Waals surface area contributed by atoms with Crippen molar-refractivity contribution in [1.82, 2.24) is 0 Å². The summed E-state index contributed by atoms with van der Waals surface area (Å²) >= 11 is 0. The largest absolute Gasteiger partial charge is 0.497 e. The number of benzene rings is 2. The third-order valence-electron chi connectivity index (χ3n) is 10.7. The molecule has 0 bridgehead atoms. The van der Waals surface area contributed by atoms with E-state index in [2.05, 4.69) is 53.8 Å². The lowest BCUT2D eigenvalue weighted by atomic mass is 9.87. The van der Waals surface area contributed by atoms with Gasteiger partial charge in [0.2, 0.25) is 0 Å². The number of carbonyl (C=O) groups is 1. The summed E-state index contributed by atoms with van der Waals surface area (Å²) in [5.41, 5.74) is 9.83. The molecule has 6 atom stereocenters. The number of carboxylic acid groups (broad SMARTS) is 1. The van der Waals surface area contributed by atoms with Gasteiger partial charge in [-0.15, -0.1) is 0 Å². The molecule has 2 rings (SSSR count). The van der Waals surface area contributed by atoms with E-state index >= 15 is 0 Å². The van der Waals surface area contributed by atoms with Gasteiger partial charge in [-0.3, -0.25) is 0 Å². The molecule has 0 aromatic heterocycles. The van der Waals surface area contributed by atoms with Crippen LogP contribution >= 0.6 is 0 Å². The second-order valence-electron chi connectivity index (χ2n) is 16.0. The molecule has 12 heteroatoms. The van der Waals surface area contributed by atoms with Gasteiger partial charge >= 0.3 is 5.97 Å². The van der Waals surface area contributed by atoms with Crippen molar-refractivity contribution in [2.75, 3.05) is 48.4 Å². The fourth-order valence-corrected chi connectivity index (χ4v) is 7.81. The number of carboxylic acids is 1. The molecule has 0 aliphatic rings. The predicted octanol–water partition coefficient (Wildman–Crippen LogP) is 9.05. The number of rotatable bonds is 23. The molecule has 314 valence electrons. The highest BCUT2D eigenvalue weighted by Crippen LogP contribution is 2.44. The SMILES string of the molecule is COc1ccc(CO[C@@H](/C(C)=C/[C@H](C)[C@@H](O[Si](C)(C)C(C)(C)C)[C@H](C[C@H](C)Cc2c(OC)c(N)cc(OC)c2OC)OC)[C@H](/C=C\C=C(/C)C(=O)O)OC)cc1. The van der Waals surface area contributed by atoms with Gasteiger partial charge in [-0.2, -0.15) is 0 Å². The molecule has 2 aromatic rings. The van der Waals surface area contributed by atoms with E-state index in [1.807, 2.05) is 37.3 Å². The average molecular weight is 800 g/mol. The van der Waals surface area contributed by atoms with Crippen molar-refractivity contribution in [3.63, 3.8) is 0 Å². The molecule has 0 fully saturated rings. The molecule has 56 heavy (non-hydrogen) atoms. The van der Waals surface area contributed by atoms with Crippen molar-refractivity contribution in [2.45, 2.75) is 110 Å². The molecule has 0 radical (unpaired) electrons. The van der Waals surface area contributed by atoms with Gasteiger partial charge in [-0.1, -0.05) is 71.1 Å². The number of ether oxygens (including phenoxy) is 7. The Hall–Kier alpha value is -3.81. The fraction of sp³-hybridized carbons (Fsp3) is 0.568. The number of anilines is 1. The molecule has 2 aromatic carbocycles. The molecule has 3 N–H and O–H groups in total. The van der Waals surface area contributed by atoms with Crippen LogP contribution in [0.25, 0.3) is 0 Å². The van der Waals surface area contributed by atoms with Crippen molar-refractivity contribution in [3.8, 4) is 23.0 Å². The summed E-state index contributed by atoms with van der Waals surface area (Å²) in [6.07, 6.45) is 6.92. The van der Waals surface area contributed by atoms with Gasteiger partial charge in [0.1, 0.15) is 23.7 Å². The van der Waals surface area contributed by atoms with Gasteiger partial charge < -0.3 is 48.4 Å². The number of nitrogen functional groups attached to an aromatic ring is 1. The Bertz CT molecular complexity index is 1630. The summed E-state index contributed by atoms with van der Waals surface area (Å²) in [5.74, 6) is 1.47. The molecule has 0 saturated heterocycles. The molecular weight excluding hydrogens is 731 g/mol. The Morgan fingerprint density at radius 1 is 0.911 bits per heavy atom. The van der Waals surface area contributed by atoms with Crippen LogP contribution in [0.15, 0.2) is 65.8 Å². The summed E-state index contributed by atoms with van der Waals surface area (Å²) in [7, 11) is 7.50. The second kappa shape index (κ2) is 22.2. The zero-order chi connectivity index (χ0) is 42.4. The maximum atomic E-state index is 11.5. The zero-order valence-electron chi connectivity index (χ0n) is 36.5. The highest BCUT2D eigenvalue weighted by atomic mass is 28.4. The van der Waals surface area contributed by atoms with Gasteiger partial charge in [-0.05, 0) is 74.0 Å². The predicted molar refractivity (Wildman–Crippen MR) is 227 cm³/mol. The Morgan fingerprint density at radius 2 is 1.54 bits per heavy atom. The van der Waals surface area contributed by atoms with Crippen LogP contribution in [0.4, 0.5) is 5.69 Å². The lowest BCUT2D eigenvalue weighted by Gasteiger charge is -2.43. The monoisotopic (exact) mass is 799 g/mol. The number of nitrogens with two attached hydrogens (primary N) is 1. The first-order chi connectivity index (χ1) is 26.3. The molecule has 0 aliphatic carbocycles. The molecular formula is C44H69NO10Si. The van der Waals surface area contributed by atoms with Crippen molar-refractivity contribution in [1.29, 1.82) is 0 Å². The van der Waals surface area contributed by atoms with Gasteiger partial charge in [0.05, 0.1) is 52.9 Å². The summed E-state index contributed by atoms with van der Waals surface area (Å²) in [6, 6.07) is 9.44. The van der Waals surface area contributed by atoms with E-state index < -0.39 is 26.5 Å².